The normalized spacial score (nSPS) is 14.3. The highest BCUT2D eigenvalue weighted by molar-refractivity contribution is 7.09. The Kier molecular flexibility index (Phi) is 9.51. The third kappa shape index (κ3) is 6.26. The van der Waals surface area contributed by atoms with Gasteiger partial charge in [-0.2, -0.15) is 4.37 Å². The van der Waals surface area contributed by atoms with Crippen LogP contribution in [0.4, 0.5) is 5.69 Å². The lowest BCUT2D eigenvalue weighted by molar-refractivity contribution is -0.126. The minimum Gasteiger partial charge on any atom is -0.493 e. The summed E-state index contributed by atoms with van der Waals surface area (Å²) in [5, 5.41) is 3.13. The van der Waals surface area contributed by atoms with Crippen LogP contribution in [0.5, 0.6) is 11.5 Å². The molecule has 2 aromatic rings. The monoisotopic (exact) mass is 517 g/mol. The average molecular weight is 518 g/mol. The summed E-state index contributed by atoms with van der Waals surface area (Å²) in [5.74, 6) is -0.246. The molecule has 0 radical (unpaired) electrons. The van der Waals surface area contributed by atoms with Crippen molar-refractivity contribution in [2.24, 2.45) is 5.73 Å². The number of rotatable bonds is 12. The summed E-state index contributed by atoms with van der Waals surface area (Å²) in [4.78, 5) is 40.5. The number of amides is 3. The lowest BCUT2D eigenvalue weighted by atomic mass is 10.1. The maximum Gasteiger partial charge on any atom is 0.270 e. The van der Waals surface area contributed by atoms with Crippen LogP contribution in [0.15, 0.2) is 18.2 Å². The first-order chi connectivity index (χ1) is 17.3. The molecule has 1 fully saturated rings. The van der Waals surface area contributed by atoms with Crippen LogP contribution < -0.4 is 26.3 Å². The van der Waals surface area contributed by atoms with Gasteiger partial charge in [0.05, 0.1) is 19.9 Å². The van der Waals surface area contributed by atoms with Crippen molar-refractivity contribution in [1.29, 1.82) is 0 Å². The molecule has 3 rings (SSSR count). The predicted octanol–water partition coefficient (Wildman–Crippen LogP) is 2.75. The van der Waals surface area contributed by atoms with Gasteiger partial charge in [-0.1, -0.05) is 32.3 Å². The molecule has 0 bridgehead atoms. The number of primary amides is 1. The second-order valence-electron chi connectivity index (χ2n) is 8.87. The van der Waals surface area contributed by atoms with Crippen molar-refractivity contribution in [3.8, 4) is 11.5 Å². The highest BCUT2D eigenvalue weighted by Gasteiger charge is 2.34. The van der Waals surface area contributed by atoms with E-state index in [9.17, 15) is 14.4 Å². The largest absolute Gasteiger partial charge is 0.493 e. The number of carbonyl (C=O) groups excluding carboxylic acids is 3. The molecule has 1 aromatic carbocycles. The molecule has 1 aliphatic rings. The van der Waals surface area contributed by atoms with Crippen molar-refractivity contribution in [3.05, 3.63) is 34.3 Å². The lowest BCUT2D eigenvalue weighted by Gasteiger charge is -2.31. The highest BCUT2D eigenvalue weighted by atomic mass is 32.1. The lowest BCUT2D eigenvalue weighted by Crippen LogP contribution is -2.52. The van der Waals surface area contributed by atoms with E-state index >= 15 is 0 Å². The van der Waals surface area contributed by atoms with E-state index in [1.165, 1.54) is 0 Å². The Morgan fingerprint density at radius 2 is 1.89 bits per heavy atom. The topological polar surface area (TPSA) is 150 Å². The predicted molar refractivity (Wildman–Crippen MR) is 138 cm³/mol. The number of nitrogens with zero attached hydrogens (tertiary/aromatic N) is 2. The molecule has 0 aliphatic heterocycles. The zero-order valence-electron chi connectivity index (χ0n) is 21.0. The third-order valence-electron chi connectivity index (χ3n) is 6.45. The van der Waals surface area contributed by atoms with E-state index in [1.807, 2.05) is 19.1 Å². The van der Waals surface area contributed by atoms with E-state index in [0.29, 0.717) is 30.8 Å². The van der Waals surface area contributed by atoms with E-state index in [4.69, 9.17) is 20.9 Å². The number of nitrogen functional groups attached to an aromatic ring is 1. The number of nitrogens with one attached hydrogen (secondary N) is 1. The first kappa shape index (κ1) is 27.3. The van der Waals surface area contributed by atoms with Gasteiger partial charge in [0.25, 0.3) is 11.8 Å². The van der Waals surface area contributed by atoms with Gasteiger partial charge in [0.15, 0.2) is 17.2 Å². The molecular weight excluding hydrogens is 482 g/mol. The number of hydrogen-bond acceptors (Lipinski definition) is 8. The maximum absolute atomic E-state index is 13.7. The quantitative estimate of drug-likeness (QED) is 0.392. The summed E-state index contributed by atoms with van der Waals surface area (Å²) in [6.45, 7) is 2.22. The molecule has 11 heteroatoms. The molecule has 36 heavy (non-hydrogen) atoms. The molecule has 3 amide bonds. The van der Waals surface area contributed by atoms with E-state index in [-0.39, 0.29) is 34.8 Å². The van der Waals surface area contributed by atoms with Crippen molar-refractivity contribution in [2.75, 3.05) is 26.5 Å². The summed E-state index contributed by atoms with van der Waals surface area (Å²) in [6, 6.07) is 4.97. The Morgan fingerprint density at radius 1 is 1.19 bits per heavy atom. The molecule has 1 heterocycles. The summed E-state index contributed by atoms with van der Waals surface area (Å²) < 4.78 is 14.7. The van der Waals surface area contributed by atoms with Crippen LogP contribution in [-0.2, 0) is 11.2 Å². The van der Waals surface area contributed by atoms with Gasteiger partial charge >= 0.3 is 0 Å². The molecule has 1 aliphatic carbocycles. The number of benzene rings is 1. The van der Waals surface area contributed by atoms with Gasteiger partial charge in [0.1, 0.15) is 10.9 Å². The minimum absolute atomic E-state index is 0.0555. The Balaban J connectivity index is 1.91. The maximum atomic E-state index is 13.7. The fourth-order valence-electron chi connectivity index (χ4n) is 4.51. The van der Waals surface area contributed by atoms with Crippen LogP contribution in [-0.4, -0.2) is 59.8 Å². The number of hydrogen-bond donors (Lipinski definition) is 3. The van der Waals surface area contributed by atoms with Gasteiger partial charge in [0, 0.05) is 12.6 Å². The van der Waals surface area contributed by atoms with E-state index in [0.717, 1.165) is 42.8 Å². The zero-order valence-corrected chi connectivity index (χ0v) is 21.9. The fourth-order valence-corrected chi connectivity index (χ4v) is 5.27. The van der Waals surface area contributed by atoms with Crippen LogP contribution in [0, 0.1) is 0 Å². The van der Waals surface area contributed by atoms with Crippen molar-refractivity contribution in [2.45, 2.75) is 64.0 Å². The molecule has 196 valence electrons. The molecular formula is C25H35N5O5S. The van der Waals surface area contributed by atoms with Gasteiger partial charge in [-0.3, -0.25) is 14.4 Å². The Hall–Kier alpha value is -3.34. The van der Waals surface area contributed by atoms with Gasteiger partial charge in [-0.15, -0.1) is 0 Å². The Bertz CT molecular complexity index is 1080. The van der Waals surface area contributed by atoms with Crippen LogP contribution >= 0.6 is 11.5 Å². The smallest absolute Gasteiger partial charge is 0.270 e. The van der Waals surface area contributed by atoms with Gasteiger partial charge in [-0.05, 0) is 54.9 Å². The van der Waals surface area contributed by atoms with Crippen molar-refractivity contribution in [1.82, 2.24) is 14.6 Å². The van der Waals surface area contributed by atoms with Gasteiger partial charge in [-0.25, -0.2) is 0 Å². The first-order valence-corrected chi connectivity index (χ1v) is 12.9. The summed E-state index contributed by atoms with van der Waals surface area (Å²) in [6.07, 6.45) is 5.69. The molecule has 0 spiro atoms. The number of aromatic nitrogens is 1. The van der Waals surface area contributed by atoms with Crippen molar-refractivity contribution >= 4 is 34.9 Å². The molecule has 0 saturated heterocycles. The Labute approximate surface area is 215 Å². The van der Waals surface area contributed by atoms with Crippen LogP contribution in [0.25, 0.3) is 0 Å². The molecule has 10 nitrogen and oxygen atoms in total. The van der Waals surface area contributed by atoms with Gasteiger partial charge in [0.2, 0.25) is 5.91 Å². The van der Waals surface area contributed by atoms with Crippen LogP contribution in [0.1, 0.15) is 71.2 Å². The number of carbonyl (C=O) groups is 3. The summed E-state index contributed by atoms with van der Waals surface area (Å²) >= 11 is 0.818. The average Bonchev–Trinajstić information content (AvgIpc) is 3.52. The molecule has 1 saturated carbocycles. The number of methoxy groups -OCH3 is 2. The SMILES string of the molecule is CCC[C@@H](C(=O)NC1CCCC1)N(CCc1ccc(OC)c(OC)c1)C(=O)c1snc(C(N)=O)c1N. The second kappa shape index (κ2) is 12.6. The molecule has 1 atom stereocenters. The van der Waals surface area contributed by atoms with Crippen LogP contribution in [0.2, 0.25) is 0 Å². The van der Waals surface area contributed by atoms with Crippen molar-refractivity contribution in [3.63, 3.8) is 0 Å². The third-order valence-corrected chi connectivity index (χ3v) is 7.30. The molecule has 0 unspecified atom stereocenters. The summed E-state index contributed by atoms with van der Waals surface area (Å²) in [5.41, 5.74) is 12.1. The van der Waals surface area contributed by atoms with Crippen molar-refractivity contribution < 1.29 is 23.9 Å². The second-order valence-corrected chi connectivity index (χ2v) is 9.64. The van der Waals surface area contributed by atoms with Crippen LogP contribution in [0.3, 0.4) is 0 Å². The number of nitrogens with two attached hydrogens (primary N) is 2. The summed E-state index contributed by atoms with van der Waals surface area (Å²) in [7, 11) is 3.13. The molecule has 5 N–H and O–H groups in total. The minimum atomic E-state index is -0.802. The highest BCUT2D eigenvalue weighted by Crippen LogP contribution is 2.29. The van der Waals surface area contributed by atoms with E-state index in [2.05, 4.69) is 9.69 Å². The number of anilines is 1. The fraction of sp³-hybridized carbons (Fsp3) is 0.520. The van der Waals surface area contributed by atoms with E-state index in [1.54, 1.807) is 25.2 Å². The number of ether oxygens (including phenoxy) is 2. The first-order valence-electron chi connectivity index (χ1n) is 12.2. The Morgan fingerprint density at radius 3 is 2.47 bits per heavy atom. The van der Waals surface area contributed by atoms with Gasteiger partial charge < -0.3 is 31.2 Å². The zero-order chi connectivity index (χ0) is 26.2. The van der Waals surface area contributed by atoms with E-state index < -0.39 is 17.9 Å². The standard InChI is InChI=1S/C25H35N5O5S/c1-4-7-17(24(32)28-16-8-5-6-9-16)30(25(33)22-20(26)21(23(27)31)29-36-22)13-12-15-10-11-18(34-2)19(14-15)35-3/h10-11,14,16-17H,4-9,12-13,26H2,1-3H3,(H2,27,31)(H,28,32)/t17-/m0/s1. The molecule has 1 aromatic heterocycles.